The summed E-state index contributed by atoms with van der Waals surface area (Å²) in [5.41, 5.74) is 0.332. The topological polar surface area (TPSA) is 98.1 Å². The summed E-state index contributed by atoms with van der Waals surface area (Å²) in [7, 11) is 0. The highest BCUT2D eigenvalue weighted by atomic mass is 32.2. The maximum atomic E-state index is 12.0. The number of hydrogen-bond acceptors (Lipinski definition) is 6. The molecule has 0 radical (unpaired) electrons. The third-order valence-electron chi connectivity index (χ3n) is 2.47. The Morgan fingerprint density at radius 1 is 1.40 bits per heavy atom. The van der Waals surface area contributed by atoms with E-state index in [1.807, 2.05) is 0 Å². The number of thiocarbonyl (C=S) groups is 1. The largest absolute Gasteiger partial charge is 0.508 e. The van der Waals surface area contributed by atoms with Crippen LogP contribution >= 0.6 is 24.0 Å². The summed E-state index contributed by atoms with van der Waals surface area (Å²) in [4.78, 5) is 23.8. The molecule has 1 heterocycles. The summed E-state index contributed by atoms with van der Waals surface area (Å²) in [6.45, 7) is -0.496. The number of nitrogens with zero attached hydrogens (tertiary/aromatic N) is 1. The Bertz CT molecular complexity index is 641. The van der Waals surface area contributed by atoms with Crippen molar-refractivity contribution in [3.63, 3.8) is 0 Å². The molecule has 1 aliphatic rings. The van der Waals surface area contributed by atoms with Gasteiger partial charge in [-0.2, -0.15) is 0 Å². The lowest BCUT2D eigenvalue weighted by Crippen LogP contribution is -2.33. The van der Waals surface area contributed by atoms with Gasteiger partial charge in [-0.1, -0.05) is 24.0 Å². The minimum Gasteiger partial charge on any atom is -0.508 e. The SMILES string of the molecule is O=C(O)CN1C(=O)/C(=C/c2ccc(O)cc2O)SC1=S. The number of carbonyl (C=O) groups is 2. The van der Waals surface area contributed by atoms with Gasteiger partial charge in [-0.3, -0.25) is 14.5 Å². The lowest BCUT2D eigenvalue weighted by Gasteiger charge is -2.10. The molecule has 0 bridgehead atoms. The number of phenols is 2. The number of amides is 1. The van der Waals surface area contributed by atoms with Crippen LogP contribution in [0.2, 0.25) is 0 Å². The van der Waals surface area contributed by atoms with Crippen molar-refractivity contribution >= 4 is 46.3 Å². The van der Waals surface area contributed by atoms with E-state index in [4.69, 9.17) is 17.3 Å². The maximum Gasteiger partial charge on any atom is 0.323 e. The number of phenolic OH excluding ortho intramolecular Hbond substituents is 2. The molecule has 1 saturated heterocycles. The number of thioether (sulfide) groups is 1. The highest BCUT2D eigenvalue weighted by Gasteiger charge is 2.33. The van der Waals surface area contributed by atoms with Crippen molar-refractivity contribution in [2.75, 3.05) is 6.54 Å². The zero-order valence-corrected chi connectivity index (χ0v) is 11.6. The number of aromatic hydroxyl groups is 2. The van der Waals surface area contributed by atoms with Crippen molar-refractivity contribution < 1.29 is 24.9 Å². The van der Waals surface area contributed by atoms with Gasteiger partial charge in [0.25, 0.3) is 5.91 Å². The van der Waals surface area contributed by atoms with E-state index in [0.717, 1.165) is 22.7 Å². The molecular weight excluding hydrogens is 302 g/mol. The smallest absolute Gasteiger partial charge is 0.323 e. The standard InChI is InChI=1S/C12H9NO5S2/c14-7-2-1-6(8(15)4-7)3-9-11(18)13(5-10(16)17)12(19)20-9/h1-4,14-15H,5H2,(H,16,17)/b9-3-. The van der Waals surface area contributed by atoms with Crippen molar-refractivity contribution in [3.05, 3.63) is 28.7 Å². The van der Waals surface area contributed by atoms with Gasteiger partial charge in [0.05, 0.1) is 4.91 Å². The zero-order valence-electron chi connectivity index (χ0n) is 9.94. The molecule has 0 aromatic heterocycles. The van der Waals surface area contributed by atoms with Gasteiger partial charge >= 0.3 is 5.97 Å². The third-order valence-corrected chi connectivity index (χ3v) is 3.85. The Morgan fingerprint density at radius 3 is 2.70 bits per heavy atom. The second-order valence-electron chi connectivity index (χ2n) is 3.90. The van der Waals surface area contributed by atoms with Crippen LogP contribution in [0.25, 0.3) is 6.08 Å². The van der Waals surface area contributed by atoms with E-state index in [1.165, 1.54) is 18.2 Å². The minimum absolute atomic E-state index is 0.0990. The number of carboxylic acid groups (broad SMARTS) is 1. The fourth-order valence-corrected chi connectivity index (χ4v) is 2.81. The Labute approximate surface area is 123 Å². The molecule has 20 heavy (non-hydrogen) atoms. The molecule has 1 aromatic carbocycles. The summed E-state index contributed by atoms with van der Waals surface area (Å²) in [5.74, 6) is -1.96. The molecule has 1 aromatic rings. The molecule has 1 fully saturated rings. The Hall–Kier alpha value is -2.06. The zero-order chi connectivity index (χ0) is 14.9. The van der Waals surface area contributed by atoms with Gasteiger partial charge in [0.15, 0.2) is 0 Å². The average Bonchev–Trinajstić information content (AvgIpc) is 2.60. The van der Waals surface area contributed by atoms with Crippen LogP contribution in [0.15, 0.2) is 23.1 Å². The first kappa shape index (κ1) is 14.4. The molecule has 0 spiro atoms. The van der Waals surface area contributed by atoms with Crippen LogP contribution in [0.5, 0.6) is 11.5 Å². The highest BCUT2D eigenvalue weighted by Crippen LogP contribution is 2.34. The maximum absolute atomic E-state index is 12.0. The van der Waals surface area contributed by atoms with Gasteiger partial charge in [0.2, 0.25) is 0 Å². The van der Waals surface area contributed by atoms with E-state index < -0.39 is 18.4 Å². The van der Waals surface area contributed by atoms with Gasteiger partial charge in [-0.25, -0.2) is 0 Å². The lowest BCUT2D eigenvalue weighted by molar-refractivity contribution is -0.140. The summed E-state index contributed by atoms with van der Waals surface area (Å²) in [6, 6.07) is 3.95. The lowest BCUT2D eigenvalue weighted by atomic mass is 10.1. The van der Waals surface area contributed by atoms with Crippen LogP contribution in [0.3, 0.4) is 0 Å². The summed E-state index contributed by atoms with van der Waals surface area (Å²) < 4.78 is 0.155. The molecule has 8 heteroatoms. The van der Waals surface area contributed by atoms with Gasteiger partial charge < -0.3 is 15.3 Å². The normalized spacial score (nSPS) is 17.0. The first-order valence-corrected chi connectivity index (χ1v) is 6.60. The van der Waals surface area contributed by atoms with Crippen molar-refractivity contribution in [1.82, 2.24) is 4.90 Å². The van der Waals surface area contributed by atoms with Crippen molar-refractivity contribution in [2.45, 2.75) is 0 Å². The van der Waals surface area contributed by atoms with Crippen LogP contribution in [-0.2, 0) is 9.59 Å². The number of aliphatic carboxylic acids is 1. The molecular formula is C12H9NO5S2. The van der Waals surface area contributed by atoms with Crippen LogP contribution in [0.1, 0.15) is 5.56 Å². The molecule has 2 rings (SSSR count). The molecule has 0 unspecified atom stereocenters. The fraction of sp³-hybridized carbons (Fsp3) is 0.0833. The van der Waals surface area contributed by atoms with Crippen LogP contribution in [0, 0.1) is 0 Å². The predicted octanol–water partition coefficient (Wildman–Crippen LogP) is 1.38. The second kappa shape index (κ2) is 5.51. The number of carboxylic acids is 1. The Balaban J connectivity index is 2.30. The first-order valence-electron chi connectivity index (χ1n) is 5.37. The van der Waals surface area contributed by atoms with Gasteiger partial charge in [-0.05, 0) is 18.2 Å². The number of hydrogen-bond donors (Lipinski definition) is 3. The van der Waals surface area contributed by atoms with E-state index >= 15 is 0 Å². The van der Waals surface area contributed by atoms with E-state index in [2.05, 4.69) is 0 Å². The second-order valence-corrected chi connectivity index (χ2v) is 5.58. The highest BCUT2D eigenvalue weighted by molar-refractivity contribution is 8.26. The van der Waals surface area contributed by atoms with E-state index in [0.29, 0.717) is 5.56 Å². The summed E-state index contributed by atoms with van der Waals surface area (Å²) in [5, 5.41) is 27.5. The van der Waals surface area contributed by atoms with Crippen LogP contribution in [0.4, 0.5) is 0 Å². The van der Waals surface area contributed by atoms with Crippen molar-refractivity contribution in [1.29, 1.82) is 0 Å². The predicted molar refractivity (Wildman–Crippen MR) is 77.3 cm³/mol. The summed E-state index contributed by atoms with van der Waals surface area (Å²) >= 11 is 5.91. The molecule has 1 amide bonds. The van der Waals surface area contributed by atoms with E-state index in [-0.39, 0.29) is 20.7 Å². The Kier molecular flexibility index (Phi) is 3.96. The molecule has 3 N–H and O–H groups in total. The number of rotatable bonds is 3. The van der Waals surface area contributed by atoms with Crippen LogP contribution in [-0.4, -0.2) is 43.0 Å². The molecule has 0 saturated carbocycles. The minimum atomic E-state index is -1.16. The molecule has 0 aliphatic carbocycles. The van der Waals surface area contributed by atoms with Gasteiger partial charge in [0, 0.05) is 11.6 Å². The molecule has 1 aliphatic heterocycles. The number of carbonyl (C=O) groups excluding carboxylic acids is 1. The van der Waals surface area contributed by atoms with Crippen molar-refractivity contribution in [2.24, 2.45) is 0 Å². The van der Waals surface area contributed by atoms with E-state index in [9.17, 15) is 19.8 Å². The fourth-order valence-electron chi connectivity index (χ4n) is 1.57. The summed E-state index contributed by atoms with van der Waals surface area (Å²) in [6.07, 6.45) is 1.40. The monoisotopic (exact) mass is 311 g/mol. The number of benzene rings is 1. The van der Waals surface area contributed by atoms with Gasteiger partial charge in [0.1, 0.15) is 22.4 Å². The molecule has 0 atom stereocenters. The third kappa shape index (κ3) is 2.91. The average molecular weight is 311 g/mol. The molecule has 6 nitrogen and oxygen atoms in total. The molecule has 104 valence electrons. The van der Waals surface area contributed by atoms with E-state index in [1.54, 1.807) is 0 Å². The van der Waals surface area contributed by atoms with Crippen LogP contribution < -0.4 is 0 Å². The first-order chi connectivity index (χ1) is 9.38. The quantitative estimate of drug-likeness (QED) is 0.573. The van der Waals surface area contributed by atoms with Gasteiger partial charge in [-0.15, -0.1) is 0 Å². The Morgan fingerprint density at radius 2 is 2.10 bits per heavy atom. The van der Waals surface area contributed by atoms with Crippen molar-refractivity contribution in [3.8, 4) is 11.5 Å².